The zero-order valence-corrected chi connectivity index (χ0v) is 22.3. The monoisotopic (exact) mass is 481 g/mol. The molecule has 0 aliphatic heterocycles. The SMILES string of the molecule is CCC(O)CN[C@](C)(c1ccc(Cl)cc1)[C@H](O[Si](C)(C)C(C)(C)C)c1cccc(Cl)c1. The second kappa shape index (κ2) is 10.4. The average Bonchev–Trinajstić information content (AvgIpc) is 2.69. The van der Waals surface area contributed by atoms with Crippen molar-refractivity contribution in [3.63, 3.8) is 0 Å². The largest absolute Gasteiger partial charge is 0.408 e. The van der Waals surface area contributed by atoms with Crippen LogP contribution >= 0.6 is 23.2 Å². The van der Waals surface area contributed by atoms with E-state index in [-0.39, 0.29) is 11.1 Å². The molecule has 3 nitrogen and oxygen atoms in total. The third kappa shape index (κ3) is 6.56. The highest BCUT2D eigenvalue weighted by Crippen LogP contribution is 2.46. The van der Waals surface area contributed by atoms with E-state index in [0.29, 0.717) is 23.0 Å². The van der Waals surface area contributed by atoms with Gasteiger partial charge >= 0.3 is 0 Å². The van der Waals surface area contributed by atoms with Crippen LogP contribution in [0.25, 0.3) is 0 Å². The minimum atomic E-state index is -2.16. The Morgan fingerprint density at radius 3 is 2.13 bits per heavy atom. The van der Waals surface area contributed by atoms with Gasteiger partial charge in [-0.05, 0) is 66.9 Å². The highest BCUT2D eigenvalue weighted by molar-refractivity contribution is 6.74. The van der Waals surface area contributed by atoms with Gasteiger partial charge in [0.05, 0.1) is 17.7 Å². The molecule has 0 saturated carbocycles. The van der Waals surface area contributed by atoms with E-state index in [4.69, 9.17) is 27.6 Å². The maximum atomic E-state index is 10.3. The van der Waals surface area contributed by atoms with Crippen molar-refractivity contribution in [2.24, 2.45) is 0 Å². The topological polar surface area (TPSA) is 41.5 Å². The molecule has 0 fully saturated rings. The van der Waals surface area contributed by atoms with Gasteiger partial charge in [-0.15, -0.1) is 0 Å². The van der Waals surface area contributed by atoms with E-state index in [2.05, 4.69) is 52.2 Å². The molecular formula is C25H37Cl2NO2Si. The summed E-state index contributed by atoms with van der Waals surface area (Å²) in [6.07, 6.45) is -0.0777. The van der Waals surface area contributed by atoms with Crippen molar-refractivity contribution >= 4 is 31.5 Å². The van der Waals surface area contributed by atoms with Crippen LogP contribution < -0.4 is 5.32 Å². The predicted molar refractivity (Wildman–Crippen MR) is 136 cm³/mol. The first kappa shape index (κ1) is 26.4. The molecule has 0 spiro atoms. The zero-order valence-electron chi connectivity index (χ0n) is 19.8. The summed E-state index contributed by atoms with van der Waals surface area (Å²) in [5.41, 5.74) is 1.44. The molecule has 2 N–H and O–H groups in total. The van der Waals surface area contributed by atoms with Crippen LogP contribution in [0.4, 0.5) is 0 Å². The van der Waals surface area contributed by atoms with Crippen molar-refractivity contribution < 1.29 is 9.53 Å². The van der Waals surface area contributed by atoms with Gasteiger partial charge in [-0.25, -0.2) is 0 Å². The van der Waals surface area contributed by atoms with Crippen LogP contribution in [-0.2, 0) is 9.96 Å². The van der Waals surface area contributed by atoms with Gasteiger partial charge in [-0.1, -0.05) is 75.2 Å². The number of halogens is 2. The number of hydrogen-bond donors (Lipinski definition) is 2. The van der Waals surface area contributed by atoms with Gasteiger partial charge in [-0.2, -0.15) is 0 Å². The van der Waals surface area contributed by atoms with Crippen LogP contribution in [0.2, 0.25) is 28.2 Å². The summed E-state index contributed by atoms with van der Waals surface area (Å²) in [5.74, 6) is 0. The van der Waals surface area contributed by atoms with Gasteiger partial charge in [0.1, 0.15) is 0 Å². The first-order valence-corrected chi connectivity index (χ1v) is 14.6. The van der Waals surface area contributed by atoms with Gasteiger partial charge in [-0.3, -0.25) is 0 Å². The van der Waals surface area contributed by atoms with E-state index in [0.717, 1.165) is 11.1 Å². The Morgan fingerprint density at radius 1 is 1.00 bits per heavy atom. The predicted octanol–water partition coefficient (Wildman–Crippen LogP) is 7.33. The normalized spacial score (nSPS) is 16.6. The number of aliphatic hydroxyl groups excluding tert-OH is 1. The number of nitrogens with one attached hydrogen (secondary N) is 1. The first-order valence-electron chi connectivity index (χ1n) is 10.9. The van der Waals surface area contributed by atoms with E-state index in [1.54, 1.807) is 0 Å². The summed E-state index contributed by atoms with van der Waals surface area (Å²) < 4.78 is 7.06. The molecule has 0 aromatic heterocycles. The molecule has 2 aromatic rings. The Kier molecular flexibility index (Phi) is 8.82. The van der Waals surface area contributed by atoms with E-state index in [1.165, 1.54) is 0 Å². The summed E-state index contributed by atoms with van der Waals surface area (Å²) >= 11 is 12.6. The van der Waals surface area contributed by atoms with E-state index >= 15 is 0 Å². The lowest BCUT2D eigenvalue weighted by Crippen LogP contribution is -2.52. The molecule has 0 amide bonds. The molecule has 1 unspecified atom stereocenters. The minimum absolute atomic E-state index is 0.0354. The van der Waals surface area contributed by atoms with Crippen LogP contribution in [0.1, 0.15) is 58.3 Å². The number of benzene rings is 2. The fourth-order valence-electron chi connectivity index (χ4n) is 3.28. The van der Waals surface area contributed by atoms with Crippen molar-refractivity contribution in [3.05, 3.63) is 69.7 Å². The Hall–Kier alpha value is -0.883. The van der Waals surface area contributed by atoms with Crippen molar-refractivity contribution in [1.82, 2.24) is 5.32 Å². The van der Waals surface area contributed by atoms with Gasteiger partial charge in [0.2, 0.25) is 0 Å². The van der Waals surface area contributed by atoms with E-state index in [9.17, 15) is 5.11 Å². The van der Waals surface area contributed by atoms with Crippen LogP contribution in [0.15, 0.2) is 48.5 Å². The summed E-state index contributed by atoms with van der Waals surface area (Å²) in [6.45, 7) is 15.8. The lowest BCUT2D eigenvalue weighted by molar-refractivity contribution is 0.0622. The van der Waals surface area contributed by atoms with Gasteiger partial charge in [0.25, 0.3) is 0 Å². The van der Waals surface area contributed by atoms with Gasteiger partial charge in [0.15, 0.2) is 8.32 Å². The van der Waals surface area contributed by atoms with E-state index in [1.807, 2.05) is 49.4 Å². The standard InChI is InChI=1S/C25H37Cl2NO2Si/c1-8-22(29)17-28-25(5,19-12-14-20(26)15-13-19)23(18-10-9-11-21(27)16-18)30-31(6,7)24(2,3)4/h9-16,22-23,28-29H,8,17H2,1-7H3/t22?,23-,25-/m1/s1. The molecule has 31 heavy (non-hydrogen) atoms. The Morgan fingerprint density at radius 2 is 1.61 bits per heavy atom. The van der Waals surface area contributed by atoms with Crippen molar-refractivity contribution in [2.75, 3.05) is 6.54 Å². The van der Waals surface area contributed by atoms with Crippen molar-refractivity contribution in [2.45, 2.75) is 76.9 Å². The summed E-state index contributed by atoms with van der Waals surface area (Å²) in [4.78, 5) is 0. The molecule has 0 saturated heterocycles. The molecular weight excluding hydrogens is 445 g/mol. The molecule has 2 aromatic carbocycles. The van der Waals surface area contributed by atoms with Crippen LogP contribution in [-0.4, -0.2) is 26.1 Å². The average molecular weight is 483 g/mol. The second-order valence-corrected chi connectivity index (χ2v) is 15.6. The zero-order chi connectivity index (χ0) is 23.4. The first-order chi connectivity index (χ1) is 14.3. The maximum Gasteiger partial charge on any atom is 0.193 e. The highest BCUT2D eigenvalue weighted by atomic mass is 35.5. The minimum Gasteiger partial charge on any atom is -0.408 e. The lowest BCUT2D eigenvalue weighted by atomic mass is 9.82. The molecule has 3 atom stereocenters. The summed E-state index contributed by atoms with van der Waals surface area (Å²) in [5, 5.41) is 15.4. The Bertz CT molecular complexity index is 851. The highest BCUT2D eigenvalue weighted by Gasteiger charge is 2.45. The smallest absolute Gasteiger partial charge is 0.193 e. The lowest BCUT2D eigenvalue weighted by Gasteiger charge is -2.46. The number of hydrogen-bond acceptors (Lipinski definition) is 3. The molecule has 6 heteroatoms. The maximum absolute atomic E-state index is 10.3. The van der Waals surface area contributed by atoms with Crippen LogP contribution in [0, 0.1) is 0 Å². The van der Waals surface area contributed by atoms with Crippen molar-refractivity contribution in [1.29, 1.82) is 0 Å². The van der Waals surface area contributed by atoms with Crippen molar-refractivity contribution in [3.8, 4) is 0 Å². The molecule has 172 valence electrons. The van der Waals surface area contributed by atoms with E-state index < -0.39 is 20.0 Å². The molecule has 2 rings (SSSR count). The molecule has 0 aliphatic rings. The molecule has 0 aliphatic carbocycles. The van der Waals surface area contributed by atoms with Crippen LogP contribution in [0.3, 0.4) is 0 Å². The number of rotatable bonds is 9. The fraction of sp³-hybridized carbons (Fsp3) is 0.520. The third-order valence-electron chi connectivity index (χ3n) is 6.51. The Balaban J connectivity index is 2.65. The van der Waals surface area contributed by atoms with Gasteiger partial charge in [0, 0.05) is 16.6 Å². The molecule has 0 heterocycles. The van der Waals surface area contributed by atoms with Gasteiger partial charge < -0.3 is 14.8 Å². The second-order valence-electron chi connectivity index (χ2n) is 9.97. The Labute approximate surface area is 199 Å². The number of aliphatic hydroxyl groups is 1. The summed E-state index contributed by atoms with van der Waals surface area (Å²) in [6, 6.07) is 15.7. The third-order valence-corrected chi connectivity index (χ3v) is 11.4. The quantitative estimate of drug-likeness (QED) is 0.368. The molecule has 0 bridgehead atoms. The fourth-order valence-corrected chi connectivity index (χ4v) is 4.92. The molecule has 0 radical (unpaired) electrons. The van der Waals surface area contributed by atoms with Crippen LogP contribution in [0.5, 0.6) is 0 Å². The summed E-state index contributed by atoms with van der Waals surface area (Å²) in [7, 11) is -2.16.